The van der Waals surface area contributed by atoms with Crippen molar-refractivity contribution in [2.75, 3.05) is 0 Å². The van der Waals surface area contributed by atoms with Gasteiger partial charge in [-0.1, -0.05) is 110 Å². The maximum Gasteiger partial charge on any atom is 0.143 e. The summed E-state index contributed by atoms with van der Waals surface area (Å²) >= 11 is 0. The molecule has 0 aliphatic carbocycles. The van der Waals surface area contributed by atoms with E-state index >= 15 is 0 Å². The van der Waals surface area contributed by atoms with Gasteiger partial charge in [-0.05, 0) is 58.4 Å². The highest BCUT2D eigenvalue weighted by molar-refractivity contribution is 6.10. The van der Waals surface area contributed by atoms with Crippen LogP contribution < -0.4 is 0 Å². The van der Waals surface area contributed by atoms with Crippen molar-refractivity contribution < 1.29 is 4.42 Å². The van der Waals surface area contributed by atoms with E-state index in [0.29, 0.717) is 0 Å². The van der Waals surface area contributed by atoms with Crippen molar-refractivity contribution in [3.8, 4) is 22.3 Å². The van der Waals surface area contributed by atoms with Crippen molar-refractivity contribution in [3.05, 3.63) is 132 Å². The third kappa shape index (κ3) is 3.80. The molecule has 0 N–H and O–H groups in total. The Balaban J connectivity index is 1.36. The number of aryl methyl sites for hydroxylation is 1. The Hall–Kier alpha value is -4.10. The van der Waals surface area contributed by atoms with E-state index in [9.17, 15) is 0 Å². The molecule has 1 heterocycles. The van der Waals surface area contributed by atoms with Crippen LogP contribution in [-0.2, 0) is 12.8 Å². The molecule has 0 radical (unpaired) electrons. The molecule has 5 aromatic carbocycles. The largest absolute Gasteiger partial charge is 0.455 e. The van der Waals surface area contributed by atoms with Gasteiger partial charge in [-0.25, -0.2) is 0 Å². The summed E-state index contributed by atoms with van der Waals surface area (Å²) in [4.78, 5) is 0. The van der Waals surface area contributed by atoms with Gasteiger partial charge in [0.25, 0.3) is 0 Å². The number of fused-ring (bicyclic) bond motifs is 3. The molecule has 0 spiro atoms. The summed E-state index contributed by atoms with van der Waals surface area (Å²) in [6, 6.07) is 41.3. The Morgan fingerprint density at radius 3 is 1.97 bits per heavy atom. The predicted octanol–water partition coefficient (Wildman–Crippen LogP) is 9.07. The van der Waals surface area contributed by atoms with E-state index in [1.165, 1.54) is 33.4 Å². The lowest BCUT2D eigenvalue weighted by atomic mass is 9.98. The molecule has 0 amide bonds. The molecule has 0 fully saturated rings. The van der Waals surface area contributed by atoms with Crippen LogP contribution in [0.2, 0.25) is 0 Å². The quantitative estimate of drug-likeness (QED) is 0.262. The zero-order chi connectivity index (χ0) is 22.9. The number of hydrogen-bond donors (Lipinski definition) is 0. The van der Waals surface area contributed by atoms with E-state index in [-0.39, 0.29) is 0 Å². The van der Waals surface area contributed by atoms with Gasteiger partial charge in [-0.2, -0.15) is 0 Å². The van der Waals surface area contributed by atoms with Gasteiger partial charge in [-0.15, -0.1) is 0 Å². The van der Waals surface area contributed by atoms with Crippen molar-refractivity contribution in [1.82, 2.24) is 0 Å². The maximum absolute atomic E-state index is 6.37. The summed E-state index contributed by atoms with van der Waals surface area (Å²) in [5, 5.41) is 2.32. The van der Waals surface area contributed by atoms with Gasteiger partial charge < -0.3 is 4.42 Å². The zero-order valence-electron chi connectivity index (χ0n) is 19.3. The maximum atomic E-state index is 6.37. The first-order valence-corrected chi connectivity index (χ1v) is 12.0. The SMILES string of the molecule is CCc1ccc(-c2cccc3c2oc2ccc(-c4ccc(Cc5ccccc5)cc4)cc23)cc1. The number of rotatable bonds is 5. The van der Waals surface area contributed by atoms with Gasteiger partial charge in [0.05, 0.1) is 0 Å². The molecule has 0 aliphatic rings. The highest BCUT2D eigenvalue weighted by Crippen LogP contribution is 2.37. The third-order valence-corrected chi connectivity index (χ3v) is 6.71. The smallest absolute Gasteiger partial charge is 0.143 e. The van der Waals surface area contributed by atoms with E-state index in [1.807, 2.05) is 0 Å². The lowest BCUT2D eigenvalue weighted by molar-refractivity contribution is 0.670. The Morgan fingerprint density at radius 1 is 0.529 bits per heavy atom. The number of hydrogen-bond acceptors (Lipinski definition) is 1. The summed E-state index contributed by atoms with van der Waals surface area (Å²) in [6.07, 6.45) is 2.00. The minimum absolute atomic E-state index is 0.928. The Kier molecular flexibility index (Phi) is 5.24. The Bertz CT molecular complexity index is 1570. The second-order valence-corrected chi connectivity index (χ2v) is 8.91. The van der Waals surface area contributed by atoms with E-state index < -0.39 is 0 Å². The van der Waals surface area contributed by atoms with Gasteiger partial charge in [0.2, 0.25) is 0 Å². The number of benzene rings is 5. The van der Waals surface area contributed by atoms with E-state index in [1.54, 1.807) is 0 Å². The molecular formula is C33H26O. The molecule has 0 saturated heterocycles. The van der Waals surface area contributed by atoms with E-state index in [0.717, 1.165) is 40.3 Å². The standard InChI is InChI=1S/C33H26O/c1-2-23-11-17-27(18-12-23)29-9-6-10-30-31-22-28(19-20-32(31)34-33(29)30)26-15-13-25(14-16-26)21-24-7-4-3-5-8-24/h3-20,22H,2,21H2,1H3. The van der Waals surface area contributed by atoms with Gasteiger partial charge >= 0.3 is 0 Å². The summed E-state index contributed by atoms with van der Waals surface area (Å²) in [7, 11) is 0. The monoisotopic (exact) mass is 438 g/mol. The summed E-state index contributed by atoms with van der Waals surface area (Å²) < 4.78 is 6.37. The van der Waals surface area contributed by atoms with Crippen LogP contribution in [-0.4, -0.2) is 0 Å². The molecule has 1 aromatic heterocycles. The van der Waals surface area contributed by atoms with Crippen LogP contribution in [0.3, 0.4) is 0 Å². The molecule has 164 valence electrons. The lowest BCUT2D eigenvalue weighted by Crippen LogP contribution is -1.87. The molecule has 0 bridgehead atoms. The molecule has 0 saturated carbocycles. The molecule has 0 atom stereocenters. The molecule has 0 aliphatic heterocycles. The lowest BCUT2D eigenvalue weighted by Gasteiger charge is -2.05. The Labute approximate surface area is 200 Å². The first-order chi connectivity index (χ1) is 16.8. The highest BCUT2D eigenvalue weighted by atomic mass is 16.3. The van der Waals surface area contributed by atoms with E-state index in [4.69, 9.17) is 4.42 Å². The predicted molar refractivity (Wildman–Crippen MR) is 143 cm³/mol. The van der Waals surface area contributed by atoms with Crippen molar-refractivity contribution in [2.24, 2.45) is 0 Å². The molecule has 1 nitrogen and oxygen atoms in total. The highest BCUT2D eigenvalue weighted by Gasteiger charge is 2.13. The number of para-hydroxylation sites is 1. The van der Waals surface area contributed by atoms with Crippen molar-refractivity contribution in [1.29, 1.82) is 0 Å². The van der Waals surface area contributed by atoms with Crippen LogP contribution in [0.15, 0.2) is 120 Å². The topological polar surface area (TPSA) is 13.1 Å². The fourth-order valence-corrected chi connectivity index (χ4v) is 4.77. The summed E-state index contributed by atoms with van der Waals surface area (Å²) in [5.74, 6) is 0. The van der Waals surface area contributed by atoms with Crippen LogP contribution >= 0.6 is 0 Å². The van der Waals surface area contributed by atoms with Gasteiger partial charge in [0.15, 0.2) is 0 Å². The minimum Gasteiger partial charge on any atom is -0.455 e. The molecule has 1 heteroatoms. The molecular weight excluding hydrogens is 412 g/mol. The summed E-state index contributed by atoms with van der Waals surface area (Å²) in [5.41, 5.74) is 10.7. The fourth-order valence-electron chi connectivity index (χ4n) is 4.77. The van der Waals surface area contributed by atoms with Crippen LogP contribution in [0.5, 0.6) is 0 Å². The second-order valence-electron chi connectivity index (χ2n) is 8.91. The van der Waals surface area contributed by atoms with Crippen molar-refractivity contribution in [3.63, 3.8) is 0 Å². The van der Waals surface area contributed by atoms with Crippen LogP contribution in [0.25, 0.3) is 44.2 Å². The zero-order valence-corrected chi connectivity index (χ0v) is 19.3. The van der Waals surface area contributed by atoms with Crippen LogP contribution in [0, 0.1) is 0 Å². The Morgan fingerprint density at radius 2 is 1.21 bits per heavy atom. The third-order valence-electron chi connectivity index (χ3n) is 6.71. The van der Waals surface area contributed by atoms with E-state index in [2.05, 4.69) is 122 Å². The first-order valence-electron chi connectivity index (χ1n) is 12.0. The summed E-state index contributed by atoms with van der Waals surface area (Å²) in [6.45, 7) is 2.18. The molecule has 34 heavy (non-hydrogen) atoms. The first kappa shape index (κ1) is 20.5. The average molecular weight is 439 g/mol. The molecule has 6 aromatic rings. The molecule has 0 unspecified atom stereocenters. The van der Waals surface area contributed by atoms with Gasteiger partial charge in [-0.3, -0.25) is 0 Å². The van der Waals surface area contributed by atoms with Crippen LogP contribution in [0.1, 0.15) is 23.6 Å². The molecule has 6 rings (SSSR count). The average Bonchev–Trinajstić information content (AvgIpc) is 3.28. The van der Waals surface area contributed by atoms with Crippen molar-refractivity contribution >= 4 is 21.9 Å². The number of furan rings is 1. The minimum atomic E-state index is 0.928. The normalized spacial score (nSPS) is 11.3. The van der Waals surface area contributed by atoms with Crippen LogP contribution in [0.4, 0.5) is 0 Å². The fraction of sp³-hybridized carbons (Fsp3) is 0.0909. The van der Waals surface area contributed by atoms with Gasteiger partial charge in [0, 0.05) is 16.3 Å². The van der Waals surface area contributed by atoms with Gasteiger partial charge in [0.1, 0.15) is 11.2 Å². The van der Waals surface area contributed by atoms with Crippen molar-refractivity contribution in [2.45, 2.75) is 19.8 Å². The second kappa shape index (κ2) is 8.68.